The topological polar surface area (TPSA) is 32.3 Å². The predicted molar refractivity (Wildman–Crippen MR) is 99.4 cm³/mol. The standard InChI is InChI=1S/C21H32N2O/c1-4-21(2,3)19-8-6-5-7-18(19)20(24)23-13-11-17(12-14-23)22-15-16-9-10-16/h5-8,16-17,22H,4,9-15H2,1-3H3. The Bertz CT molecular complexity index is 569. The minimum atomic E-state index is 0.0381. The molecular formula is C21H32N2O. The monoisotopic (exact) mass is 328 g/mol. The van der Waals surface area contributed by atoms with Crippen molar-refractivity contribution in [2.45, 2.75) is 64.3 Å². The van der Waals surface area contributed by atoms with Crippen LogP contribution in [0, 0.1) is 5.92 Å². The molecule has 1 saturated carbocycles. The first kappa shape index (κ1) is 17.5. The Morgan fingerprint density at radius 2 is 1.83 bits per heavy atom. The van der Waals surface area contributed by atoms with Gasteiger partial charge in [-0.15, -0.1) is 0 Å². The van der Waals surface area contributed by atoms with Crippen LogP contribution in [-0.2, 0) is 5.41 Å². The molecule has 1 saturated heterocycles. The molecule has 1 heterocycles. The molecule has 0 unspecified atom stereocenters. The van der Waals surface area contributed by atoms with Gasteiger partial charge in [-0.2, -0.15) is 0 Å². The number of nitrogens with zero attached hydrogens (tertiary/aromatic N) is 1. The predicted octanol–water partition coefficient (Wildman–Crippen LogP) is 3.98. The molecule has 1 aromatic carbocycles. The molecule has 1 aromatic rings. The molecule has 0 atom stereocenters. The fraction of sp³-hybridized carbons (Fsp3) is 0.667. The lowest BCUT2D eigenvalue weighted by Gasteiger charge is -2.34. The van der Waals surface area contributed by atoms with Crippen molar-refractivity contribution in [1.29, 1.82) is 0 Å². The second-order valence-electron chi connectivity index (χ2n) is 8.20. The van der Waals surface area contributed by atoms with Crippen LogP contribution in [0.4, 0.5) is 0 Å². The summed E-state index contributed by atoms with van der Waals surface area (Å²) >= 11 is 0. The highest BCUT2D eigenvalue weighted by Gasteiger charge is 2.29. The van der Waals surface area contributed by atoms with E-state index in [-0.39, 0.29) is 11.3 Å². The third-order valence-electron chi connectivity index (χ3n) is 5.94. The van der Waals surface area contributed by atoms with Gasteiger partial charge in [-0.05, 0) is 61.6 Å². The normalized spacial score (nSPS) is 19.5. The molecule has 3 nitrogen and oxygen atoms in total. The summed E-state index contributed by atoms with van der Waals surface area (Å²) in [5.74, 6) is 1.14. The Balaban J connectivity index is 1.63. The molecule has 3 heteroatoms. The second-order valence-corrected chi connectivity index (χ2v) is 8.20. The zero-order valence-corrected chi connectivity index (χ0v) is 15.5. The van der Waals surface area contributed by atoms with E-state index >= 15 is 0 Å². The van der Waals surface area contributed by atoms with E-state index in [4.69, 9.17) is 0 Å². The van der Waals surface area contributed by atoms with Gasteiger partial charge in [0.25, 0.3) is 5.91 Å². The van der Waals surface area contributed by atoms with Crippen molar-refractivity contribution in [1.82, 2.24) is 10.2 Å². The van der Waals surface area contributed by atoms with Gasteiger partial charge in [-0.3, -0.25) is 4.79 Å². The number of hydrogen-bond donors (Lipinski definition) is 1. The smallest absolute Gasteiger partial charge is 0.254 e. The van der Waals surface area contributed by atoms with Gasteiger partial charge in [0.2, 0.25) is 0 Å². The van der Waals surface area contributed by atoms with Gasteiger partial charge < -0.3 is 10.2 Å². The minimum absolute atomic E-state index is 0.0381. The summed E-state index contributed by atoms with van der Waals surface area (Å²) in [6.07, 6.45) is 5.99. The number of benzene rings is 1. The van der Waals surface area contributed by atoms with Crippen molar-refractivity contribution < 1.29 is 4.79 Å². The fourth-order valence-electron chi connectivity index (χ4n) is 3.56. The number of piperidine rings is 1. The first-order valence-corrected chi connectivity index (χ1v) is 9.63. The van der Waals surface area contributed by atoms with Crippen LogP contribution in [0.25, 0.3) is 0 Å². The summed E-state index contributed by atoms with van der Waals surface area (Å²) < 4.78 is 0. The lowest BCUT2D eigenvalue weighted by Crippen LogP contribution is -2.45. The second kappa shape index (κ2) is 7.26. The summed E-state index contributed by atoms with van der Waals surface area (Å²) in [6.45, 7) is 9.58. The average Bonchev–Trinajstić information content (AvgIpc) is 3.44. The Morgan fingerprint density at radius 1 is 1.17 bits per heavy atom. The van der Waals surface area contributed by atoms with Crippen LogP contribution in [0.2, 0.25) is 0 Å². The number of carbonyl (C=O) groups excluding carboxylic acids is 1. The van der Waals surface area contributed by atoms with Crippen LogP contribution >= 0.6 is 0 Å². The molecule has 2 fully saturated rings. The molecule has 24 heavy (non-hydrogen) atoms. The number of carbonyl (C=O) groups is 1. The summed E-state index contributed by atoms with van der Waals surface area (Å²) in [7, 11) is 0. The Morgan fingerprint density at radius 3 is 2.46 bits per heavy atom. The van der Waals surface area contributed by atoms with Crippen molar-refractivity contribution in [3.8, 4) is 0 Å². The number of rotatable bonds is 6. The van der Waals surface area contributed by atoms with E-state index in [0.717, 1.165) is 43.8 Å². The van der Waals surface area contributed by atoms with Crippen LogP contribution in [0.1, 0.15) is 68.8 Å². The maximum atomic E-state index is 13.1. The van der Waals surface area contributed by atoms with Crippen LogP contribution in [-0.4, -0.2) is 36.5 Å². The highest BCUT2D eigenvalue weighted by atomic mass is 16.2. The van der Waals surface area contributed by atoms with Gasteiger partial charge in [0.15, 0.2) is 0 Å². The van der Waals surface area contributed by atoms with E-state index in [9.17, 15) is 4.79 Å². The van der Waals surface area contributed by atoms with Crippen LogP contribution in [0.3, 0.4) is 0 Å². The quantitative estimate of drug-likeness (QED) is 0.857. The van der Waals surface area contributed by atoms with Gasteiger partial charge >= 0.3 is 0 Å². The van der Waals surface area contributed by atoms with Crippen LogP contribution < -0.4 is 5.32 Å². The summed E-state index contributed by atoms with van der Waals surface area (Å²) in [5.41, 5.74) is 2.12. The fourth-order valence-corrected chi connectivity index (χ4v) is 3.56. The van der Waals surface area contributed by atoms with E-state index in [1.165, 1.54) is 24.9 Å². The van der Waals surface area contributed by atoms with E-state index < -0.39 is 0 Å². The van der Waals surface area contributed by atoms with Crippen LogP contribution in [0.5, 0.6) is 0 Å². The molecule has 3 rings (SSSR count). The van der Waals surface area contributed by atoms with Gasteiger partial charge in [-0.1, -0.05) is 39.0 Å². The molecule has 1 aliphatic carbocycles. The third-order valence-corrected chi connectivity index (χ3v) is 5.94. The van der Waals surface area contributed by atoms with E-state index in [0.29, 0.717) is 6.04 Å². The molecule has 0 spiro atoms. The van der Waals surface area contributed by atoms with Gasteiger partial charge in [0.1, 0.15) is 0 Å². The molecule has 2 aliphatic rings. The summed E-state index contributed by atoms with van der Waals surface area (Å²) in [5, 5.41) is 3.69. The van der Waals surface area contributed by atoms with Gasteiger partial charge in [0.05, 0.1) is 0 Å². The first-order valence-electron chi connectivity index (χ1n) is 9.63. The lowest BCUT2D eigenvalue weighted by molar-refractivity contribution is 0.0702. The van der Waals surface area contributed by atoms with Crippen molar-refractivity contribution in [2.24, 2.45) is 5.92 Å². The van der Waals surface area contributed by atoms with Crippen LogP contribution in [0.15, 0.2) is 24.3 Å². The number of hydrogen-bond acceptors (Lipinski definition) is 2. The zero-order valence-electron chi connectivity index (χ0n) is 15.5. The Labute approximate surface area is 146 Å². The molecular weight excluding hydrogens is 296 g/mol. The zero-order chi connectivity index (χ0) is 17.2. The van der Waals surface area contributed by atoms with Crippen molar-refractivity contribution in [3.05, 3.63) is 35.4 Å². The molecule has 132 valence electrons. The SMILES string of the molecule is CCC(C)(C)c1ccccc1C(=O)N1CCC(NCC2CC2)CC1. The van der Waals surface area contributed by atoms with Gasteiger partial charge in [-0.25, -0.2) is 0 Å². The van der Waals surface area contributed by atoms with E-state index in [1.54, 1.807) is 0 Å². The average molecular weight is 329 g/mol. The van der Waals surface area contributed by atoms with Crippen molar-refractivity contribution in [3.63, 3.8) is 0 Å². The number of likely N-dealkylation sites (tertiary alicyclic amines) is 1. The molecule has 1 aliphatic heterocycles. The lowest BCUT2D eigenvalue weighted by atomic mass is 9.79. The van der Waals surface area contributed by atoms with E-state index in [2.05, 4.69) is 43.1 Å². The molecule has 0 bridgehead atoms. The molecule has 0 aromatic heterocycles. The molecule has 1 N–H and O–H groups in total. The highest BCUT2D eigenvalue weighted by molar-refractivity contribution is 5.96. The highest BCUT2D eigenvalue weighted by Crippen LogP contribution is 2.31. The summed E-state index contributed by atoms with van der Waals surface area (Å²) in [6, 6.07) is 8.77. The van der Waals surface area contributed by atoms with E-state index in [1.807, 2.05) is 12.1 Å². The number of nitrogens with one attached hydrogen (secondary N) is 1. The molecule has 0 radical (unpaired) electrons. The maximum absolute atomic E-state index is 13.1. The largest absolute Gasteiger partial charge is 0.339 e. The molecule has 1 amide bonds. The Hall–Kier alpha value is -1.35. The number of amides is 1. The summed E-state index contributed by atoms with van der Waals surface area (Å²) in [4.78, 5) is 15.1. The third kappa shape index (κ3) is 4.00. The Kier molecular flexibility index (Phi) is 5.29. The van der Waals surface area contributed by atoms with Gasteiger partial charge in [0, 0.05) is 24.7 Å². The minimum Gasteiger partial charge on any atom is -0.339 e. The van der Waals surface area contributed by atoms with Crippen molar-refractivity contribution >= 4 is 5.91 Å². The van der Waals surface area contributed by atoms with Crippen molar-refractivity contribution in [2.75, 3.05) is 19.6 Å². The maximum Gasteiger partial charge on any atom is 0.254 e. The first-order chi connectivity index (χ1) is 11.5.